The predicted octanol–water partition coefficient (Wildman–Crippen LogP) is 0.603. The van der Waals surface area contributed by atoms with Crippen LogP contribution in [-0.2, 0) is 14.8 Å². The first-order valence-corrected chi connectivity index (χ1v) is 7.90. The molecule has 0 aromatic carbocycles. The monoisotopic (exact) mass is 300 g/mol. The number of nitrogens with two attached hydrogens (primary N) is 1. The van der Waals surface area contributed by atoms with Gasteiger partial charge in [-0.25, -0.2) is 24.0 Å². The van der Waals surface area contributed by atoms with E-state index in [2.05, 4.69) is 15.1 Å². The minimum Gasteiger partial charge on any atom is -0.375 e. The number of hydrogen-bond donors (Lipinski definition) is 3. The van der Waals surface area contributed by atoms with E-state index in [0.717, 1.165) is 0 Å². The van der Waals surface area contributed by atoms with Crippen LogP contribution in [0.25, 0.3) is 0 Å². The van der Waals surface area contributed by atoms with Crippen LogP contribution in [0.4, 0.5) is 5.82 Å². The molecule has 1 aliphatic rings. The van der Waals surface area contributed by atoms with Crippen LogP contribution in [0.15, 0.2) is 23.2 Å². The first-order chi connectivity index (χ1) is 9.34. The Kier molecular flexibility index (Phi) is 4.28. The fraction of sp³-hybridized carbons (Fsp3) is 0.583. The van der Waals surface area contributed by atoms with Crippen molar-refractivity contribution in [3.63, 3.8) is 0 Å². The molecule has 0 spiro atoms. The van der Waals surface area contributed by atoms with E-state index in [4.69, 9.17) is 10.6 Å². The average Bonchev–Trinajstić information content (AvgIpc) is 2.37. The standard InChI is InChI=1S/C12H20N4O3S/c1-12(2)8-9(5-7-19-12)16-20(17,18)10-4-3-6-14-11(10)15-13/h3-4,6,9,16H,5,7-8,13H2,1-2H3,(H,14,15). The van der Waals surface area contributed by atoms with E-state index in [0.29, 0.717) is 19.4 Å². The van der Waals surface area contributed by atoms with Crippen molar-refractivity contribution in [3.05, 3.63) is 18.3 Å². The zero-order chi connectivity index (χ0) is 14.8. The molecule has 8 heteroatoms. The Morgan fingerprint density at radius 1 is 1.50 bits per heavy atom. The first-order valence-electron chi connectivity index (χ1n) is 6.42. The van der Waals surface area contributed by atoms with E-state index in [-0.39, 0.29) is 22.4 Å². The highest BCUT2D eigenvalue weighted by molar-refractivity contribution is 7.89. The van der Waals surface area contributed by atoms with Gasteiger partial charge in [-0.15, -0.1) is 0 Å². The average molecular weight is 300 g/mol. The van der Waals surface area contributed by atoms with Crippen molar-refractivity contribution in [2.45, 2.75) is 43.2 Å². The summed E-state index contributed by atoms with van der Waals surface area (Å²) in [6.07, 6.45) is 2.75. The summed E-state index contributed by atoms with van der Waals surface area (Å²) in [6.45, 7) is 4.43. The Labute approximate surface area is 118 Å². The molecule has 0 radical (unpaired) electrons. The molecule has 112 valence electrons. The second kappa shape index (κ2) is 5.65. The highest BCUT2D eigenvalue weighted by Gasteiger charge is 2.32. The minimum atomic E-state index is -3.66. The third-order valence-electron chi connectivity index (χ3n) is 3.22. The zero-order valence-corrected chi connectivity index (χ0v) is 12.4. The molecular weight excluding hydrogens is 280 g/mol. The van der Waals surface area contributed by atoms with Crippen LogP contribution in [0.1, 0.15) is 26.7 Å². The van der Waals surface area contributed by atoms with Crippen LogP contribution in [0.5, 0.6) is 0 Å². The molecule has 7 nitrogen and oxygen atoms in total. The fourth-order valence-corrected chi connectivity index (χ4v) is 3.72. The van der Waals surface area contributed by atoms with Gasteiger partial charge in [0, 0.05) is 18.8 Å². The van der Waals surface area contributed by atoms with E-state index >= 15 is 0 Å². The molecular formula is C12H20N4O3S. The summed E-state index contributed by atoms with van der Waals surface area (Å²) in [5, 5.41) is 0. The van der Waals surface area contributed by atoms with Gasteiger partial charge >= 0.3 is 0 Å². The molecule has 2 heterocycles. The van der Waals surface area contributed by atoms with Crippen molar-refractivity contribution in [2.75, 3.05) is 12.0 Å². The second-order valence-corrected chi connectivity index (χ2v) is 7.10. The molecule has 0 saturated carbocycles. The highest BCUT2D eigenvalue weighted by atomic mass is 32.2. The van der Waals surface area contributed by atoms with Crippen molar-refractivity contribution in [3.8, 4) is 0 Å². The van der Waals surface area contributed by atoms with Crippen molar-refractivity contribution in [1.82, 2.24) is 9.71 Å². The quantitative estimate of drug-likeness (QED) is 0.555. The van der Waals surface area contributed by atoms with Gasteiger partial charge in [0.1, 0.15) is 4.90 Å². The molecule has 1 aliphatic heterocycles. The number of ether oxygens (including phenoxy) is 1. The first kappa shape index (κ1) is 15.2. The Hall–Kier alpha value is -1.22. The number of pyridine rings is 1. The lowest BCUT2D eigenvalue weighted by molar-refractivity contribution is -0.0599. The van der Waals surface area contributed by atoms with Crippen LogP contribution in [0.2, 0.25) is 0 Å². The molecule has 4 N–H and O–H groups in total. The van der Waals surface area contributed by atoms with Gasteiger partial charge < -0.3 is 10.2 Å². The van der Waals surface area contributed by atoms with Gasteiger partial charge in [-0.2, -0.15) is 0 Å². The summed E-state index contributed by atoms with van der Waals surface area (Å²) in [5.41, 5.74) is 1.98. The van der Waals surface area contributed by atoms with Gasteiger partial charge in [0.25, 0.3) is 0 Å². The fourth-order valence-electron chi connectivity index (χ4n) is 2.33. The maximum atomic E-state index is 12.4. The van der Waals surface area contributed by atoms with Crippen molar-refractivity contribution >= 4 is 15.8 Å². The lowest BCUT2D eigenvalue weighted by Crippen LogP contribution is -2.45. The number of nitrogen functional groups attached to an aromatic ring is 1. The summed E-state index contributed by atoms with van der Waals surface area (Å²) in [6, 6.07) is 2.87. The molecule has 1 atom stereocenters. The van der Waals surface area contributed by atoms with E-state index in [9.17, 15) is 8.42 Å². The number of nitrogens with zero attached hydrogens (tertiary/aromatic N) is 1. The van der Waals surface area contributed by atoms with Gasteiger partial charge in [-0.1, -0.05) is 0 Å². The molecule has 1 aromatic heterocycles. The van der Waals surface area contributed by atoms with Crippen molar-refractivity contribution in [2.24, 2.45) is 5.84 Å². The molecule has 1 unspecified atom stereocenters. The number of hydrazine groups is 1. The maximum absolute atomic E-state index is 12.4. The SMILES string of the molecule is CC1(C)CC(NS(=O)(=O)c2cccnc2NN)CCO1. The Morgan fingerprint density at radius 3 is 2.90 bits per heavy atom. The van der Waals surface area contributed by atoms with Gasteiger partial charge in [0.15, 0.2) is 5.82 Å². The summed E-state index contributed by atoms with van der Waals surface area (Å²) in [7, 11) is -3.66. The largest absolute Gasteiger partial charge is 0.375 e. The van der Waals surface area contributed by atoms with Crippen LogP contribution >= 0.6 is 0 Å². The van der Waals surface area contributed by atoms with Crippen LogP contribution < -0.4 is 16.0 Å². The molecule has 20 heavy (non-hydrogen) atoms. The lowest BCUT2D eigenvalue weighted by Gasteiger charge is -2.35. The molecule has 0 aliphatic carbocycles. The summed E-state index contributed by atoms with van der Waals surface area (Å²) < 4.78 is 33.1. The topological polar surface area (TPSA) is 106 Å². The van der Waals surface area contributed by atoms with Crippen LogP contribution in [0, 0.1) is 0 Å². The smallest absolute Gasteiger partial charge is 0.244 e. The Morgan fingerprint density at radius 2 is 2.25 bits per heavy atom. The predicted molar refractivity (Wildman–Crippen MR) is 75.4 cm³/mol. The summed E-state index contributed by atoms with van der Waals surface area (Å²) in [5.74, 6) is 5.43. The van der Waals surface area contributed by atoms with E-state index in [1.165, 1.54) is 12.3 Å². The van der Waals surface area contributed by atoms with E-state index in [1.54, 1.807) is 6.07 Å². The number of nitrogens with one attached hydrogen (secondary N) is 2. The Balaban J connectivity index is 2.19. The normalized spacial score (nSPS) is 22.4. The third kappa shape index (κ3) is 3.45. The van der Waals surface area contributed by atoms with Gasteiger partial charge in [0.2, 0.25) is 10.0 Å². The van der Waals surface area contributed by atoms with E-state index in [1.807, 2.05) is 13.8 Å². The summed E-state index contributed by atoms with van der Waals surface area (Å²) >= 11 is 0. The Bertz CT molecular complexity index is 574. The molecule has 1 aromatic rings. The minimum absolute atomic E-state index is 0.0480. The van der Waals surface area contributed by atoms with Gasteiger partial charge in [-0.05, 0) is 38.8 Å². The van der Waals surface area contributed by atoms with Crippen molar-refractivity contribution < 1.29 is 13.2 Å². The molecule has 0 bridgehead atoms. The molecule has 2 rings (SSSR count). The van der Waals surface area contributed by atoms with Gasteiger partial charge in [-0.3, -0.25) is 0 Å². The number of anilines is 1. The number of sulfonamides is 1. The molecule has 0 amide bonds. The number of rotatable bonds is 4. The third-order valence-corrected chi connectivity index (χ3v) is 4.77. The van der Waals surface area contributed by atoms with Crippen LogP contribution in [0.3, 0.4) is 0 Å². The number of aromatic nitrogens is 1. The molecule has 1 fully saturated rings. The number of hydrogen-bond acceptors (Lipinski definition) is 6. The highest BCUT2D eigenvalue weighted by Crippen LogP contribution is 2.26. The lowest BCUT2D eigenvalue weighted by atomic mass is 9.95. The maximum Gasteiger partial charge on any atom is 0.244 e. The van der Waals surface area contributed by atoms with E-state index < -0.39 is 10.0 Å². The molecule has 1 saturated heterocycles. The van der Waals surface area contributed by atoms with Crippen molar-refractivity contribution in [1.29, 1.82) is 0 Å². The second-order valence-electron chi connectivity index (χ2n) is 5.41. The zero-order valence-electron chi connectivity index (χ0n) is 11.6. The van der Waals surface area contributed by atoms with Crippen LogP contribution in [-0.4, -0.2) is 31.7 Å². The van der Waals surface area contributed by atoms with Gasteiger partial charge in [0.05, 0.1) is 5.60 Å². The summed E-state index contributed by atoms with van der Waals surface area (Å²) in [4.78, 5) is 3.95.